The number of nitrogens with two attached hydrogens (primary N) is 1. The van der Waals surface area contributed by atoms with Crippen LogP contribution in [0, 0.1) is 16.7 Å². The van der Waals surface area contributed by atoms with Gasteiger partial charge in [0.15, 0.2) is 17.3 Å². The van der Waals surface area contributed by atoms with Crippen molar-refractivity contribution in [3.05, 3.63) is 46.2 Å². The summed E-state index contributed by atoms with van der Waals surface area (Å²) >= 11 is 0. The van der Waals surface area contributed by atoms with Crippen LogP contribution in [0.25, 0.3) is 11.5 Å². The molecule has 3 N–H and O–H groups in total. The van der Waals surface area contributed by atoms with Gasteiger partial charge in [0, 0.05) is 42.0 Å². The van der Waals surface area contributed by atoms with Crippen molar-refractivity contribution in [3.8, 4) is 23.5 Å². The van der Waals surface area contributed by atoms with Crippen LogP contribution >= 0.6 is 0 Å². The van der Waals surface area contributed by atoms with Gasteiger partial charge in [0.05, 0.1) is 17.5 Å². The zero-order valence-electron chi connectivity index (χ0n) is 23.7. The molecular weight excluding hydrogens is 516 g/mol. The normalized spacial score (nSPS) is 24.5. The molecule has 2 fully saturated rings. The molecule has 0 saturated carbocycles. The van der Waals surface area contributed by atoms with Gasteiger partial charge in [-0.2, -0.15) is 10.2 Å². The molecule has 41 heavy (non-hydrogen) atoms. The molecule has 0 bridgehead atoms. The Kier molecular flexibility index (Phi) is 6.23. The van der Waals surface area contributed by atoms with Crippen LogP contribution in [-0.2, 0) is 18.3 Å². The third-order valence-corrected chi connectivity index (χ3v) is 9.70. The Morgan fingerprint density at radius 1 is 1.20 bits per heavy atom. The van der Waals surface area contributed by atoms with Gasteiger partial charge in [0.1, 0.15) is 18.0 Å². The molecule has 0 radical (unpaired) electrons. The first-order chi connectivity index (χ1) is 19.9. The smallest absolute Gasteiger partial charge is 0.219 e. The lowest BCUT2D eigenvalue weighted by Crippen LogP contribution is -2.38. The van der Waals surface area contributed by atoms with Gasteiger partial charge in [0.25, 0.3) is 0 Å². The lowest BCUT2D eigenvalue weighted by molar-refractivity contribution is 0.117. The topological polar surface area (TPSA) is 141 Å². The second-order valence-corrected chi connectivity index (χ2v) is 12.1. The number of likely N-dealkylation sites (N-methyl/N-ethyl adjacent to an activating group) is 1. The molecule has 4 aliphatic rings. The van der Waals surface area contributed by atoms with E-state index in [9.17, 15) is 5.26 Å². The number of aromatic nitrogens is 3. The van der Waals surface area contributed by atoms with Crippen molar-refractivity contribution in [2.24, 2.45) is 0 Å². The number of fused-ring (bicyclic) bond motifs is 4. The maximum atomic E-state index is 10.0. The number of hydrogen-bond acceptors (Lipinski definition) is 10. The highest BCUT2D eigenvalue weighted by atomic mass is 16.5. The molecule has 2 aliphatic heterocycles. The quantitative estimate of drug-likeness (QED) is 0.444. The third kappa shape index (κ3) is 4.17. The minimum atomic E-state index is -0.419. The number of nitrogens with one attached hydrogen (secondary N) is 1. The number of ether oxygens (including phenoxy) is 1. The monoisotopic (exact) mass is 552 g/mol. The third-order valence-electron chi connectivity index (χ3n) is 9.70. The van der Waals surface area contributed by atoms with E-state index in [1.165, 1.54) is 6.42 Å². The van der Waals surface area contributed by atoms with E-state index in [1.807, 2.05) is 12.1 Å². The summed E-state index contributed by atoms with van der Waals surface area (Å²) in [5.41, 5.74) is 11.4. The molecule has 3 atom stereocenters. The second kappa shape index (κ2) is 9.84. The van der Waals surface area contributed by atoms with Gasteiger partial charge in [-0.3, -0.25) is 4.90 Å². The highest BCUT2D eigenvalue weighted by Gasteiger charge is 2.49. The average molecular weight is 553 g/mol. The SMILES string of the molecule is C[C@H](Oc1cc(N2CCC(=N)C2)nc(-c2noc3c2CCC[C@@]32CCc3ccc(N)c(C#N)c32)n1)[C@@H]1CCCN1C. The molecule has 7 rings (SSSR count). The summed E-state index contributed by atoms with van der Waals surface area (Å²) in [5.74, 6) is 2.56. The summed E-state index contributed by atoms with van der Waals surface area (Å²) in [5, 5.41) is 22.8. The first-order valence-corrected chi connectivity index (χ1v) is 14.8. The first kappa shape index (κ1) is 26.0. The Morgan fingerprint density at radius 3 is 2.83 bits per heavy atom. The highest BCUT2D eigenvalue weighted by Crippen LogP contribution is 2.54. The highest BCUT2D eigenvalue weighted by molar-refractivity contribution is 5.89. The van der Waals surface area contributed by atoms with E-state index >= 15 is 0 Å². The summed E-state index contributed by atoms with van der Waals surface area (Å²) in [7, 11) is 2.15. The summed E-state index contributed by atoms with van der Waals surface area (Å²) in [4.78, 5) is 14.3. The fourth-order valence-electron chi connectivity index (χ4n) is 7.65. The van der Waals surface area contributed by atoms with Gasteiger partial charge in [0.2, 0.25) is 5.88 Å². The summed E-state index contributed by atoms with van der Waals surface area (Å²) < 4.78 is 12.7. The number of rotatable bonds is 5. The van der Waals surface area contributed by atoms with Crippen LogP contribution in [0.1, 0.15) is 73.5 Å². The van der Waals surface area contributed by atoms with Crippen LogP contribution in [0.3, 0.4) is 0 Å². The minimum absolute atomic E-state index is 0.0330. The summed E-state index contributed by atoms with van der Waals surface area (Å²) in [6.07, 6.45) is 7.32. The number of anilines is 2. The average Bonchev–Trinajstić information content (AvgIpc) is 3.76. The van der Waals surface area contributed by atoms with Gasteiger partial charge in [-0.05, 0) is 82.7 Å². The van der Waals surface area contributed by atoms with Crippen LogP contribution in [-0.4, -0.2) is 64.6 Å². The van der Waals surface area contributed by atoms with Crippen LogP contribution < -0.4 is 15.4 Å². The lowest BCUT2D eigenvalue weighted by atomic mass is 9.68. The van der Waals surface area contributed by atoms with Crippen molar-refractivity contribution in [2.45, 2.75) is 75.9 Å². The maximum absolute atomic E-state index is 10.0. The number of nitriles is 1. The van der Waals surface area contributed by atoms with Crippen LogP contribution in [0.4, 0.5) is 11.5 Å². The van der Waals surface area contributed by atoms with Crippen molar-refractivity contribution in [1.29, 1.82) is 10.7 Å². The molecule has 0 amide bonds. The molecule has 1 spiro atoms. The molecule has 10 heteroatoms. The molecule has 2 aliphatic carbocycles. The van der Waals surface area contributed by atoms with E-state index in [0.29, 0.717) is 46.9 Å². The van der Waals surface area contributed by atoms with Gasteiger partial charge in [-0.15, -0.1) is 0 Å². The van der Waals surface area contributed by atoms with Crippen molar-refractivity contribution in [2.75, 3.05) is 37.3 Å². The molecule has 212 valence electrons. The zero-order chi connectivity index (χ0) is 28.3. The van der Waals surface area contributed by atoms with Gasteiger partial charge in [-0.25, -0.2) is 4.98 Å². The first-order valence-electron chi connectivity index (χ1n) is 14.8. The second-order valence-electron chi connectivity index (χ2n) is 12.1. The maximum Gasteiger partial charge on any atom is 0.219 e. The largest absolute Gasteiger partial charge is 0.473 e. The van der Waals surface area contributed by atoms with Crippen molar-refractivity contribution in [3.63, 3.8) is 0 Å². The van der Waals surface area contributed by atoms with Crippen molar-refractivity contribution in [1.82, 2.24) is 20.0 Å². The van der Waals surface area contributed by atoms with Gasteiger partial charge in [-0.1, -0.05) is 11.2 Å². The lowest BCUT2D eigenvalue weighted by Gasteiger charge is -2.33. The molecule has 2 aromatic heterocycles. The predicted molar refractivity (Wildman–Crippen MR) is 155 cm³/mol. The molecule has 2 saturated heterocycles. The van der Waals surface area contributed by atoms with Crippen molar-refractivity contribution < 1.29 is 9.26 Å². The number of nitrogen functional groups attached to an aromatic ring is 1. The molecular formula is C31H36N8O2. The standard InChI is InChI=1S/C31H36N8O2/c1-18(24-6-4-13-38(24)2)40-26-15-25(39-14-10-20(33)17-39)35-30(36-26)28-21-5-3-11-31(29(21)41-37-28)12-9-19-7-8-23(34)22(16-32)27(19)31/h7-8,15,18,24,33H,3-6,9-14,17,34H2,1-2H3/t18-,24-,31-/m0/s1. The van der Waals surface area contributed by atoms with E-state index in [2.05, 4.69) is 41.1 Å². The summed E-state index contributed by atoms with van der Waals surface area (Å²) in [6, 6.07) is 8.51. The van der Waals surface area contributed by atoms with Crippen molar-refractivity contribution >= 4 is 17.2 Å². The van der Waals surface area contributed by atoms with Crippen LogP contribution in [0.2, 0.25) is 0 Å². The Hall–Kier alpha value is -3.97. The molecule has 4 heterocycles. The predicted octanol–water partition coefficient (Wildman–Crippen LogP) is 4.25. The number of hydrogen-bond donors (Lipinski definition) is 2. The molecule has 0 unspecified atom stereocenters. The fourth-order valence-corrected chi connectivity index (χ4v) is 7.65. The van der Waals surface area contributed by atoms with Gasteiger partial charge < -0.3 is 25.3 Å². The molecule has 10 nitrogen and oxygen atoms in total. The number of aryl methyl sites for hydroxylation is 1. The van der Waals surface area contributed by atoms with Gasteiger partial charge >= 0.3 is 0 Å². The Balaban J connectivity index is 1.31. The van der Waals surface area contributed by atoms with E-state index in [0.717, 1.165) is 86.3 Å². The minimum Gasteiger partial charge on any atom is -0.473 e. The van der Waals surface area contributed by atoms with E-state index in [4.69, 9.17) is 30.4 Å². The fraction of sp³-hybridized carbons (Fsp3) is 0.516. The van der Waals surface area contributed by atoms with E-state index in [-0.39, 0.29) is 6.10 Å². The van der Waals surface area contributed by atoms with Crippen LogP contribution in [0.15, 0.2) is 22.7 Å². The molecule has 3 aromatic rings. The molecule has 1 aromatic carbocycles. The Morgan fingerprint density at radius 2 is 2.07 bits per heavy atom. The number of benzene rings is 1. The van der Waals surface area contributed by atoms with E-state index < -0.39 is 5.41 Å². The van der Waals surface area contributed by atoms with E-state index in [1.54, 1.807) is 0 Å². The summed E-state index contributed by atoms with van der Waals surface area (Å²) in [6.45, 7) is 4.47. The number of likely N-dealkylation sites (tertiary alicyclic amines) is 1. The Labute approximate surface area is 240 Å². The number of nitrogens with zero attached hydrogens (tertiary/aromatic N) is 6. The Bertz CT molecular complexity index is 1570. The van der Waals surface area contributed by atoms with Crippen LogP contribution in [0.5, 0.6) is 5.88 Å². The zero-order valence-corrected chi connectivity index (χ0v) is 23.7.